The molecule has 0 aliphatic heterocycles. The summed E-state index contributed by atoms with van der Waals surface area (Å²) < 4.78 is 0. The van der Waals surface area contributed by atoms with Crippen molar-refractivity contribution in [2.45, 2.75) is 123 Å². The highest BCUT2D eigenvalue weighted by molar-refractivity contribution is 5.75. The maximum Gasteiger partial charge on any atom is 0.220 e. The van der Waals surface area contributed by atoms with Crippen molar-refractivity contribution < 1.29 is 9.90 Å². The van der Waals surface area contributed by atoms with Gasteiger partial charge in [-0.3, -0.25) is 4.79 Å². The van der Waals surface area contributed by atoms with Gasteiger partial charge in [0.15, 0.2) is 0 Å². The van der Waals surface area contributed by atoms with E-state index in [1.165, 1.54) is 70.6 Å². The Morgan fingerprint density at radius 1 is 0.750 bits per heavy atom. The molecule has 144 valence electrons. The topological polar surface area (TPSA) is 49.3 Å². The molecule has 0 aromatic rings. The SMILES string of the molecule is CCCCCCCCCCNC(=O)CC[C@H](O)CCCCCCC. The third kappa shape index (κ3) is 17.8. The number of aliphatic hydroxyl groups is 1. The van der Waals surface area contributed by atoms with E-state index in [0.717, 1.165) is 25.8 Å². The lowest BCUT2D eigenvalue weighted by Gasteiger charge is -2.10. The smallest absolute Gasteiger partial charge is 0.220 e. The minimum atomic E-state index is -0.305. The molecule has 1 amide bonds. The maximum absolute atomic E-state index is 11.7. The van der Waals surface area contributed by atoms with Crippen LogP contribution in [0.25, 0.3) is 0 Å². The van der Waals surface area contributed by atoms with Crippen LogP contribution in [-0.4, -0.2) is 23.7 Å². The molecule has 0 spiro atoms. The highest BCUT2D eigenvalue weighted by Gasteiger charge is 2.07. The van der Waals surface area contributed by atoms with Crippen molar-refractivity contribution in [2.24, 2.45) is 0 Å². The monoisotopic (exact) mass is 341 g/mol. The van der Waals surface area contributed by atoms with Crippen molar-refractivity contribution in [1.29, 1.82) is 0 Å². The number of carbonyl (C=O) groups excluding carboxylic acids is 1. The van der Waals surface area contributed by atoms with Crippen LogP contribution in [0.15, 0.2) is 0 Å². The molecule has 0 heterocycles. The van der Waals surface area contributed by atoms with Crippen LogP contribution in [0.2, 0.25) is 0 Å². The van der Waals surface area contributed by atoms with E-state index in [-0.39, 0.29) is 12.0 Å². The number of amides is 1. The van der Waals surface area contributed by atoms with Gasteiger partial charge in [0.25, 0.3) is 0 Å². The van der Waals surface area contributed by atoms with Gasteiger partial charge in [0, 0.05) is 13.0 Å². The van der Waals surface area contributed by atoms with Gasteiger partial charge >= 0.3 is 0 Å². The Balaban J connectivity index is 3.31. The van der Waals surface area contributed by atoms with Crippen LogP contribution in [-0.2, 0) is 4.79 Å². The van der Waals surface area contributed by atoms with Gasteiger partial charge in [-0.15, -0.1) is 0 Å². The summed E-state index contributed by atoms with van der Waals surface area (Å²) >= 11 is 0. The minimum absolute atomic E-state index is 0.1000. The molecule has 0 aromatic carbocycles. The van der Waals surface area contributed by atoms with Gasteiger partial charge in [-0.25, -0.2) is 0 Å². The molecule has 0 saturated heterocycles. The Bertz CT molecular complexity index is 269. The minimum Gasteiger partial charge on any atom is -0.393 e. The second-order valence-electron chi connectivity index (χ2n) is 7.22. The molecule has 1 atom stereocenters. The van der Waals surface area contributed by atoms with Crippen LogP contribution in [0.5, 0.6) is 0 Å². The first-order chi connectivity index (χ1) is 11.7. The zero-order chi connectivity index (χ0) is 17.9. The summed E-state index contributed by atoms with van der Waals surface area (Å²) in [5.74, 6) is 0.1000. The van der Waals surface area contributed by atoms with Crippen LogP contribution in [0.3, 0.4) is 0 Å². The summed E-state index contributed by atoms with van der Waals surface area (Å²) in [6, 6.07) is 0. The van der Waals surface area contributed by atoms with Gasteiger partial charge in [-0.05, 0) is 19.3 Å². The Labute approximate surface area is 151 Å². The molecule has 0 bridgehead atoms. The van der Waals surface area contributed by atoms with E-state index in [1.54, 1.807) is 0 Å². The fourth-order valence-corrected chi connectivity index (χ4v) is 3.00. The predicted molar refractivity (Wildman–Crippen MR) is 104 cm³/mol. The van der Waals surface area contributed by atoms with E-state index in [2.05, 4.69) is 19.2 Å². The summed E-state index contributed by atoms with van der Waals surface area (Å²) in [4.78, 5) is 11.7. The Morgan fingerprint density at radius 2 is 1.25 bits per heavy atom. The van der Waals surface area contributed by atoms with Crippen molar-refractivity contribution in [2.75, 3.05) is 6.54 Å². The van der Waals surface area contributed by atoms with Crippen molar-refractivity contribution >= 4 is 5.91 Å². The van der Waals surface area contributed by atoms with Crippen LogP contribution in [0, 0.1) is 0 Å². The molecular formula is C21H43NO2. The maximum atomic E-state index is 11.7. The average Bonchev–Trinajstić information content (AvgIpc) is 2.58. The standard InChI is InChI=1S/C21H43NO2/c1-3-5-7-9-10-11-13-15-19-22-21(24)18-17-20(23)16-14-12-8-6-4-2/h20,23H,3-19H2,1-2H3,(H,22,24)/t20-/m1/s1. The Kier molecular flexibility index (Phi) is 18.3. The number of rotatable bonds is 18. The van der Waals surface area contributed by atoms with Gasteiger partial charge < -0.3 is 10.4 Å². The second kappa shape index (κ2) is 18.8. The molecule has 0 fully saturated rings. The number of hydrogen-bond acceptors (Lipinski definition) is 2. The molecule has 0 radical (unpaired) electrons. The van der Waals surface area contributed by atoms with E-state index in [1.807, 2.05) is 0 Å². The van der Waals surface area contributed by atoms with E-state index in [4.69, 9.17) is 0 Å². The van der Waals surface area contributed by atoms with Gasteiger partial charge in [0.1, 0.15) is 0 Å². The van der Waals surface area contributed by atoms with Gasteiger partial charge in [0.05, 0.1) is 6.10 Å². The third-order valence-corrected chi connectivity index (χ3v) is 4.70. The van der Waals surface area contributed by atoms with Crippen LogP contribution in [0.4, 0.5) is 0 Å². The lowest BCUT2D eigenvalue weighted by atomic mass is 10.0. The molecule has 0 rings (SSSR count). The largest absolute Gasteiger partial charge is 0.393 e. The van der Waals surface area contributed by atoms with Gasteiger partial charge in [-0.1, -0.05) is 90.9 Å². The normalized spacial score (nSPS) is 12.3. The van der Waals surface area contributed by atoms with Gasteiger partial charge in [0.2, 0.25) is 5.91 Å². The number of nitrogens with one attached hydrogen (secondary N) is 1. The zero-order valence-corrected chi connectivity index (χ0v) is 16.5. The summed E-state index contributed by atoms with van der Waals surface area (Å²) in [5.41, 5.74) is 0. The van der Waals surface area contributed by atoms with Gasteiger partial charge in [-0.2, -0.15) is 0 Å². The summed E-state index contributed by atoms with van der Waals surface area (Å²) in [6.07, 6.45) is 18.0. The summed E-state index contributed by atoms with van der Waals surface area (Å²) in [7, 11) is 0. The summed E-state index contributed by atoms with van der Waals surface area (Å²) in [5, 5.41) is 12.9. The van der Waals surface area contributed by atoms with Crippen molar-refractivity contribution in [3.63, 3.8) is 0 Å². The second-order valence-corrected chi connectivity index (χ2v) is 7.22. The molecule has 0 aliphatic carbocycles. The van der Waals surface area contributed by atoms with Crippen molar-refractivity contribution in [1.82, 2.24) is 5.32 Å². The molecule has 0 aliphatic rings. The number of carbonyl (C=O) groups is 1. The average molecular weight is 342 g/mol. The van der Waals surface area contributed by atoms with Crippen LogP contribution in [0.1, 0.15) is 117 Å². The third-order valence-electron chi connectivity index (χ3n) is 4.70. The lowest BCUT2D eigenvalue weighted by molar-refractivity contribution is -0.121. The Morgan fingerprint density at radius 3 is 1.83 bits per heavy atom. The quantitative estimate of drug-likeness (QED) is 0.312. The van der Waals surface area contributed by atoms with Crippen molar-refractivity contribution in [3.05, 3.63) is 0 Å². The first-order valence-electron chi connectivity index (χ1n) is 10.7. The lowest BCUT2D eigenvalue weighted by Crippen LogP contribution is -2.25. The molecule has 2 N–H and O–H groups in total. The van der Waals surface area contributed by atoms with E-state index in [0.29, 0.717) is 12.8 Å². The number of aliphatic hydroxyl groups excluding tert-OH is 1. The Hall–Kier alpha value is -0.570. The summed E-state index contributed by atoms with van der Waals surface area (Å²) in [6.45, 7) is 5.25. The van der Waals surface area contributed by atoms with E-state index < -0.39 is 0 Å². The van der Waals surface area contributed by atoms with Crippen molar-refractivity contribution in [3.8, 4) is 0 Å². The highest BCUT2D eigenvalue weighted by atomic mass is 16.3. The molecule has 0 aromatic heterocycles. The molecular weight excluding hydrogens is 298 g/mol. The fourth-order valence-electron chi connectivity index (χ4n) is 3.00. The van der Waals surface area contributed by atoms with Crippen LogP contribution < -0.4 is 5.32 Å². The van der Waals surface area contributed by atoms with E-state index >= 15 is 0 Å². The fraction of sp³-hybridized carbons (Fsp3) is 0.952. The number of hydrogen-bond donors (Lipinski definition) is 2. The highest BCUT2D eigenvalue weighted by Crippen LogP contribution is 2.11. The zero-order valence-electron chi connectivity index (χ0n) is 16.5. The molecule has 3 heteroatoms. The molecule has 24 heavy (non-hydrogen) atoms. The number of unbranched alkanes of at least 4 members (excludes halogenated alkanes) is 11. The molecule has 3 nitrogen and oxygen atoms in total. The first kappa shape index (κ1) is 23.4. The van der Waals surface area contributed by atoms with Crippen LogP contribution >= 0.6 is 0 Å². The molecule has 0 unspecified atom stereocenters. The molecule has 0 saturated carbocycles. The predicted octanol–water partition coefficient (Wildman–Crippen LogP) is 5.74. The first-order valence-corrected chi connectivity index (χ1v) is 10.7. The van der Waals surface area contributed by atoms with E-state index in [9.17, 15) is 9.90 Å².